The number of thiophene rings is 1. The van der Waals surface area contributed by atoms with Crippen molar-refractivity contribution in [3.63, 3.8) is 0 Å². The largest absolute Gasteiger partial charge is 0.465 e. The first-order valence-corrected chi connectivity index (χ1v) is 12.4. The summed E-state index contributed by atoms with van der Waals surface area (Å²) in [6.07, 6.45) is 2.86. The van der Waals surface area contributed by atoms with Crippen molar-refractivity contribution in [2.24, 2.45) is 5.92 Å². The van der Waals surface area contributed by atoms with Crippen LogP contribution in [0.25, 0.3) is 0 Å². The minimum Gasteiger partial charge on any atom is -0.465 e. The molecule has 2 heterocycles. The molecule has 34 heavy (non-hydrogen) atoms. The van der Waals surface area contributed by atoms with Crippen LogP contribution >= 0.6 is 11.3 Å². The van der Waals surface area contributed by atoms with Gasteiger partial charge in [0.1, 0.15) is 4.88 Å². The Morgan fingerprint density at radius 2 is 2.00 bits per heavy atom. The van der Waals surface area contributed by atoms with E-state index >= 15 is 0 Å². The maximum absolute atomic E-state index is 14.3. The third-order valence-corrected chi connectivity index (χ3v) is 7.46. The number of halogens is 2. The van der Waals surface area contributed by atoms with E-state index in [-0.39, 0.29) is 12.5 Å². The van der Waals surface area contributed by atoms with Crippen LogP contribution in [-0.4, -0.2) is 59.0 Å². The number of hydrogen-bond donors (Lipinski definition) is 2. The highest BCUT2D eigenvalue weighted by Crippen LogP contribution is 2.37. The molecule has 4 atom stereocenters. The fourth-order valence-electron chi connectivity index (χ4n) is 4.19. The van der Waals surface area contributed by atoms with Crippen molar-refractivity contribution >= 4 is 17.3 Å². The molecule has 186 valence electrons. The zero-order valence-electron chi connectivity index (χ0n) is 19.6. The maximum atomic E-state index is 14.3. The van der Waals surface area contributed by atoms with E-state index in [2.05, 4.69) is 0 Å². The second kappa shape index (κ2) is 12.0. The molecule has 1 aromatic carbocycles. The molecule has 0 aliphatic carbocycles. The summed E-state index contributed by atoms with van der Waals surface area (Å²) in [6.45, 7) is 2.22. The van der Waals surface area contributed by atoms with E-state index < -0.39 is 36.7 Å². The van der Waals surface area contributed by atoms with E-state index in [0.717, 1.165) is 17.7 Å². The zero-order valence-corrected chi connectivity index (χ0v) is 20.4. The van der Waals surface area contributed by atoms with Gasteiger partial charge in [-0.2, -0.15) is 0 Å². The minimum atomic E-state index is -3.21. The number of rotatable bonds is 11. The summed E-state index contributed by atoms with van der Waals surface area (Å²) in [7, 11) is 1.32. The quantitative estimate of drug-likeness (QED) is 0.351. The van der Waals surface area contributed by atoms with E-state index in [4.69, 9.17) is 4.74 Å². The highest BCUT2D eigenvalue weighted by atomic mass is 32.1. The average Bonchev–Trinajstić information content (AvgIpc) is 3.39. The maximum Gasteiger partial charge on any atom is 0.348 e. The number of carbonyl (C=O) groups excluding carboxylic acids is 1. The third-order valence-electron chi connectivity index (χ3n) is 6.33. The lowest BCUT2D eigenvalue weighted by molar-refractivity contribution is -0.132. The average molecular weight is 494 g/mol. The van der Waals surface area contributed by atoms with Crippen LogP contribution < -0.4 is 0 Å². The fraction of sp³-hybridized carbons (Fsp3) is 0.500. The van der Waals surface area contributed by atoms with Crippen molar-refractivity contribution in [1.29, 1.82) is 0 Å². The first-order valence-electron chi connectivity index (χ1n) is 11.6. The number of carbonyl (C=O) groups is 1. The van der Waals surface area contributed by atoms with Crippen LogP contribution in [0.1, 0.15) is 46.3 Å². The predicted molar refractivity (Wildman–Crippen MR) is 129 cm³/mol. The number of aryl methyl sites for hydroxylation is 2. The standard InChI is InChI=1S/C26H33F2NO4S/c1-18(10-11-19-7-4-3-5-8-19)22(30)14-12-20-17-26(27,28)25(32)29(20)16-6-9-21-13-15-23(34-21)24(31)33-2/h3-5,7-8,12-15,18,20,22,25,30,32H,6,9-11,16-17H2,1-2H3/b14-12+/t18-,20-,22+,25?/m0/s1. The molecule has 1 unspecified atom stereocenters. The van der Waals surface area contributed by atoms with Crippen LogP contribution in [0.2, 0.25) is 0 Å². The van der Waals surface area contributed by atoms with E-state index in [1.54, 1.807) is 18.2 Å². The van der Waals surface area contributed by atoms with Crippen molar-refractivity contribution in [3.05, 3.63) is 69.9 Å². The molecule has 0 amide bonds. The molecule has 1 aliphatic rings. The number of alkyl halides is 2. The SMILES string of the molecule is COC(=O)c1ccc(CCCN2C(O)C(F)(F)C[C@@H]2/C=C/[C@@H](O)[C@@H](C)CCc2ccccc2)s1. The molecule has 2 N–H and O–H groups in total. The lowest BCUT2D eigenvalue weighted by Crippen LogP contribution is -2.41. The number of ether oxygens (including phenoxy) is 1. The number of nitrogens with zero attached hydrogens (tertiary/aromatic N) is 1. The van der Waals surface area contributed by atoms with Gasteiger partial charge in [0.25, 0.3) is 5.92 Å². The van der Waals surface area contributed by atoms with Crippen LogP contribution in [0.15, 0.2) is 54.6 Å². The number of hydrogen-bond acceptors (Lipinski definition) is 6. The van der Waals surface area contributed by atoms with Crippen molar-refractivity contribution < 1.29 is 28.5 Å². The molecule has 1 aromatic heterocycles. The summed E-state index contributed by atoms with van der Waals surface area (Å²) in [6, 6.07) is 12.9. The first-order chi connectivity index (χ1) is 16.2. The summed E-state index contributed by atoms with van der Waals surface area (Å²) in [5.41, 5.74) is 1.19. The van der Waals surface area contributed by atoms with Gasteiger partial charge in [-0.05, 0) is 49.3 Å². The molecule has 1 saturated heterocycles. The summed E-state index contributed by atoms with van der Waals surface area (Å²) < 4.78 is 33.3. The van der Waals surface area contributed by atoms with Gasteiger partial charge in [0.15, 0.2) is 6.23 Å². The lowest BCUT2D eigenvalue weighted by atomic mass is 9.95. The Morgan fingerprint density at radius 3 is 2.71 bits per heavy atom. The topological polar surface area (TPSA) is 70.0 Å². The minimum absolute atomic E-state index is 0.0282. The second-order valence-electron chi connectivity index (χ2n) is 8.88. The number of aliphatic hydroxyl groups excluding tert-OH is 2. The Hall–Kier alpha value is -2.13. The van der Waals surface area contributed by atoms with Crippen LogP contribution in [0.4, 0.5) is 8.78 Å². The van der Waals surface area contributed by atoms with E-state index in [1.807, 2.05) is 43.3 Å². The van der Waals surface area contributed by atoms with Crippen LogP contribution in [0, 0.1) is 5.92 Å². The molecule has 1 fully saturated rings. The van der Waals surface area contributed by atoms with Gasteiger partial charge in [-0.1, -0.05) is 49.4 Å². The molecule has 0 radical (unpaired) electrons. The molecule has 2 aromatic rings. The zero-order chi connectivity index (χ0) is 24.7. The predicted octanol–water partition coefficient (Wildman–Crippen LogP) is 4.68. The molecule has 0 spiro atoms. The number of esters is 1. The number of methoxy groups -OCH3 is 1. The van der Waals surface area contributed by atoms with Gasteiger partial charge in [0, 0.05) is 23.9 Å². The summed E-state index contributed by atoms with van der Waals surface area (Å²) in [4.78, 5) is 14.4. The Morgan fingerprint density at radius 1 is 1.26 bits per heavy atom. The number of aliphatic hydroxyl groups is 2. The first kappa shape index (κ1) is 26.5. The van der Waals surface area contributed by atoms with Gasteiger partial charge in [-0.3, -0.25) is 4.90 Å². The molecule has 8 heteroatoms. The van der Waals surface area contributed by atoms with E-state index in [9.17, 15) is 23.8 Å². The highest BCUT2D eigenvalue weighted by Gasteiger charge is 2.52. The van der Waals surface area contributed by atoms with Crippen LogP contribution in [-0.2, 0) is 17.6 Å². The summed E-state index contributed by atoms with van der Waals surface area (Å²) in [5.74, 6) is -3.63. The highest BCUT2D eigenvalue weighted by molar-refractivity contribution is 7.13. The van der Waals surface area contributed by atoms with Crippen molar-refractivity contribution in [2.45, 2.75) is 63.3 Å². The van der Waals surface area contributed by atoms with Crippen LogP contribution in [0.5, 0.6) is 0 Å². The second-order valence-corrected chi connectivity index (χ2v) is 10.1. The van der Waals surface area contributed by atoms with E-state index in [0.29, 0.717) is 17.7 Å². The number of likely N-dealkylation sites (tertiary alicyclic amines) is 1. The molecule has 5 nitrogen and oxygen atoms in total. The monoisotopic (exact) mass is 493 g/mol. The van der Waals surface area contributed by atoms with Gasteiger partial charge in [0.05, 0.1) is 13.2 Å². The third kappa shape index (κ3) is 6.95. The Kier molecular flexibility index (Phi) is 9.36. The number of benzene rings is 1. The molecule has 0 bridgehead atoms. The van der Waals surface area contributed by atoms with Gasteiger partial charge in [0.2, 0.25) is 0 Å². The molecular weight excluding hydrogens is 460 g/mol. The molecule has 3 rings (SSSR count). The summed E-state index contributed by atoms with van der Waals surface area (Å²) >= 11 is 1.32. The smallest absolute Gasteiger partial charge is 0.348 e. The van der Waals surface area contributed by atoms with Crippen molar-refractivity contribution in [1.82, 2.24) is 4.90 Å². The Bertz CT molecular complexity index is 949. The van der Waals surface area contributed by atoms with Crippen LogP contribution in [0.3, 0.4) is 0 Å². The molecule has 1 aliphatic heterocycles. The summed E-state index contributed by atoms with van der Waals surface area (Å²) in [5, 5.41) is 20.7. The van der Waals surface area contributed by atoms with E-state index in [1.165, 1.54) is 28.9 Å². The Labute approximate surface area is 203 Å². The van der Waals surface area contributed by atoms with Gasteiger partial charge >= 0.3 is 5.97 Å². The molecule has 0 saturated carbocycles. The van der Waals surface area contributed by atoms with Crippen molar-refractivity contribution in [2.75, 3.05) is 13.7 Å². The van der Waals surface area contributed by atoms with Gasteiger partial charge in [-0.15, -0.1) is 11.3 Å². The Balaban J connectivity index is 1.54. The van der Waals surface area contributed by atoms with Gasteiger partial charge in [-0.25, -0.2) is 13.6 Å². The normalized spacial score (nSPS) is 22.2. The fourth-order valence-corrected chi connectivity index (χ4v) is 5.16. The van der Waals surface area contributed by atoms with Crippen molar-refractivity contribution in [3.8, 4) is 0 Å². The lowest BCUT2D eigenvalue weighted by Gasteiger charge is -2.26. The molecular formula is C26H33F2NO4S. The van der Waals surface area contributed by atoms with Gasteiger partial charge < -0.3 is 14.9 Å².